The van der Waals surface area contributed by atoms with Crippen LogP contribution in [-0.4, -0.2) is 40.9 Å². The Kier molecular flexibility index (Phi) is 7.95. The number of carbonyl (C=O) groups is 1. The third kappa shape index (κ3) is 7.36. The number of hydrogen-bond acceptors (Lipinski definition) is 8. The van der Waals surface area contributed by atoms with E-state index >= 15 is 0 Å². The molecule has 10 heteroatoms. The second kappa shape index (κ2) is 9.01. The van der Waals surface area contributed by atoms with Gasteiger partial charge in [-0.15, -0.1) is 11.3 Å². The lowest BCUT2D eigenvalue weighted by atomic mass is 10.2. The highest BCUT2D eigenvalue weighted by Crippen LogP contribution is 2.48. The predicted molar refractivity (Wildman–Crippen MR) is 99.4 cm³/mol. The van der Waals surface area contributed by atoms with Gasteiger partial charge in [-0.05, 0) is 34.6 Å². The monoisotopic (exact) mass is 394 g/mol. The first-order chi connectivity index (χ1) is 11.1. The van der Waals surface area contributed by atoms with Crippen molar-refractivity contribution in [1.82, 2.24) is 4.98 Å². The molecule has 1 aromatic rings. The van der Waals surface area contributed by atoms with Gasteiger partial charge in [0, 0.05) is 5.38 Å². The molecule has 0 aromatic carbocycles. The SMILES string of the molecule is CCOP(=O)(CC(=S)c1csc(NC(=O)OC(C)(C)C)n1)OCC. The third-order valence-corrected chi connectivity index (χ3v) is 5.72. The number of nitrogens with one attached hydrogen (secondary N) is 1. The number of nitrogens with zero attached hydrogens (tertiary/aromatic N) is 1. The maximum absolute atomic E-state index is 12.5. The van der Waals surface area contributed by atoms with Crippen LogP contribution in [0.4, 0.5) is 9.93 Å². The molecule has 1 rings (SSSR count). The van der Waals surface area contributed by atoms with E-state index in [4.69, 9.17) is 26.0 Å². The Morgan fingerprint density at radius 3 is 2.42 bits per heavy atom. The molecule has 1 amide bonds. The Hall–Kier alpha value is -0.860. The molecule has 0 atom stereocenters. The van der Waals surface area contributed by atoms with Crippen LogP contribution in [0, 0.1) is 0 Å². The molecule has 0 bridgehead atoms. The van der Waals surface area contributed by atoms with Gasteiger partial charge in [-0.25, -0.2) is 9.78 Å². The van der Waals surface area contributed by atoms with Gasteiger partial charge >= 0.3 is 13.7 Å². The van der Waals surface area contributed by atoms with Crippen molar-refractivity contribution in [2.45, 2.75) is 40.2 Å². The summed E-state index contributed by atoms with van der Waals surface area (Å²) in [7, 11) is -3.28. The number of hydrogen-bond donors (Lipinski definition) is 1. The Morgan fingerprint density at radius 2 is 1.92 bits per heavy atom. The Balaban J connectivity index is 2.72. The van der Waals surface area contributed by atoms with Gasteiger partial charge in [-0.1, -0.05) is 12.2 Å². The molecule has 0 saturated heterocycles. The standard InChI is InChI=1S/C14H23N2O5PS2/c1-6-19-22(18,20-7-2)8-11(23)10-9-24-12(15-10)16-13(17)21-14(3,4)5/h9H,6-8H2,1-5H3,(H,15,16,17). The summed E-state index contributed by atoms with van der Waals surface area (Å²) in [5.74, 6) is 0. The van der Waals surface area contributed by atoms with E-state index < -0.39 is 19.3 Å². The van der Waals surface area contributed by atoms with Crippen molar-refractivity contribution in [2.75, 3.05) is 24.7 Å². The predicted octanol–water partition coefficient (Wildman–Crippen LogP) is 4.47. The van der Waals surface area contributed by atoms with Crippen molar-refractivity contribution in [3.8, 4) is 0 Å². The second-order valence-corrected chi connectivity index (χ2v) is 9.10. The van der Waals surface area contributed by atoms with Crippen molar-refractivity contribution in [2.24, 2.45) is 0 Å². The molecule has 7 nitrogen and oxygen atoms in total. The Labute approximate surface area is 151 Å². The zero-order chi connectivity index (χ0) is 18.4. The van der Waals surface area contributed by atoms with Gasteiger partial charge in [0.2, 0.25) is 0 Å². The van der Waals surface area contributed by atoms with E-state index in [0.717, 1.165) is 0 Å². The molecule has 1 aromatic heterocycles. The summed E-state index contributed by atoms with van der Waals surface area (Å²) in [5, 5.41) is 4.57. The zero-order valence-corrected chi connectivity index (χ0v) is 17.0. The normalized spacial score (nSPS) is 12.0. The molecule has 0 spiro atoms. The largest absolute Gasteiger partial charge is 0.444 e. The zero-order valence-electron chi connectivity index (χ0n) is 14.5. The fourth-order valence-corrected chi connectivity index (χ4v) is 4.55. The molecule has 0 fully saturated rings. The highest BCUT2D eigenvalue weighted by Gasteiger charge is 2.27. The summed E-state index contributed by atoms with van der Waals surface area (Å²) >= 11 is 6.48. The molecular formula is C14H23N2O5PS2. The molecule has 1 N–H and O–H groups in total. The van der Waals surface area contributed by atoms with E-state index in [-0.39, 0.29) is 19.4 Å². The van der Waals surface area contributed by atoms with E-state index in [1.807, 2.05) is 0 Å². The molecule has 24 heavy (non-hydrogen) atoms. The second-order valence-electron chi connectivity index (χ2n) is 5.69. The minimum absolute atomic E-state index is 0.0282. The van der Waals surface area contributed by atoms with Gasteiger partial charge in [-0.2, -0.15) is 0 Å². The number of thiocarbonyl (C=S) groups is 1. The van der Waals surface area contributed by atoms with Crippen molar-refractivity contribution in [3.05, 3.63) is 11.1 Å². The van der Waals surface area contributed by atoms with Crippen molar-refractivity contribution >= 4 is 47.2 Å². The number of ether oxygens (including phenoxy) is 1. The van der Waals surface area contributed by atoms with E-state index in [9.17, 15) is 9.36 Å². The van der Waals surface area contributed by atoms with Crippen LogP contribution in [0.2, 0.25) is 0 Å². The van der Waals surface area contributed by atoms with Crippen LogP contribution in [0.5, 0.6) is 0 Å². The number of rotatable bonds is 8. The van der Waals surface area contributed by atoms with Crippen LogP contribution in [0.15, 0.2) is 5.38 Å². The number of amides is 1. The maximum atomic E-state index is 12.5. The Bertz CT molecular complexity index is 617. The topological polar surface area (TPSA) is 86.8 Å². The van der Waals surface area contributed by atoms with E-state index in [0.29, 0.717) is 15.7 Å². The summed E-state index contributed by atoms with van der Waals surface area (Å²) in [6, 6.07) is 0. The lowest BCUT2D eigenvalue weighted by Gasteiger charge is -2.19. The van der Waals surface area contributed by atoms with Gasteiger partial charge in [0.25, 0.3) is 0 Å². The minimum Gasteiger partial charge on any atom is -0.444 e. The maximum Gasteiger partial charge on any atom is 0.413 e. The number of thiazole rings is 1. The van der Waals surface area contributed by atoms with Gasteiger partial charge in [-0.3, -0.25) is 9.88 Å². The first-order valence-corrected chi connectivity index (χ1v) is 10.5. The van der Waals surface area contributed by atoms with Gasteiger partial charge in [0.05, 0.1) is 29.9 Å². The fraction of sp³-hybridized carbons (Fsp3) is 0.643. The smallest absolute Gasteiger partial charge is 0.413 e. The summed E-state index contributed by atoms with van der Waals surface area (Å²) in [4.78, 5) is 16.3. The number of carbonyl (C=O) groups excluding carboxylic acids is 1. The van der Waals surface area contributed by atoms with Crippen LogP contribution in [0.3, 0.4) is 0 Å². The van der Waals surface area contributed by atoms with E-state index in [1.165, 1.54) is 11.3 Å². The van der Waals surface area contributed by atoms with Crippen molar-refractivity contribution < 1.29 is 23.1 Å². The average Bonchev–Trinajstić information content (AvgIpc) is 2.85. The van der Waals surface area contributed by atoms with Crippen LogP contribution in [-0.2, 0) is 18.3 Å². The molecule has 136 valence electrons. The van der Waals surface area contributed by atoms with Gasteiger partial charge < -0.3 is 13.8 Å². The number of aromatic nitrogens is 1. The van der Waals surface area contributed by atoms with Crippen LogP contribution in [0.1, 0.15) is 40.3 Å². The quantitative estimate of drug-likeness (QED) is 0.395. The van der Waals surface area contributed by atoms with Gasteiger partial charge in [0.1, 0.15) is 5.60 Å². The van der Waals surface area contributed by atoms with Crippen molar-refractivity contribution in [1.29, 1.82) is 0 Å². The average molecular weight is 394 g/mol. The van der Waals surface area contributed by atoms with Gasteiger partial charge in [0.15, 0.2) is 5.13 Å². The first-order valence-electron chi connectivity index (χ1n) is 7.45. The van der Waals surface area contributed by atoms with Crippen molar-refractivity contribution in [3.63, 3.8) is 0 Å². The number of anilines is 1. The lowest BCUT2D eigenvalue weighted by molar-refractivity contribution is 0.0636. The fourth-order valence-electron chi connectivity index (χ4n) is 1.63. The molecule has 0 aliphatic heterocycles. The van der Waals surface area contributed by atoms with E-state index in [2.05, 4.69) is 10.3 Å². The third-order valence-electron chi connectivity index (χ3n) is 2.39. The molecule has 0 aliphatic rings. The van der Waals surface area contributed by atoms with Crippen LogP contribution >= 0.6 is 31.2 Å². The highest BCUT2D eigenvalue weighted by atomic mass is 32.1. The first kappa shape index (κ1) is 21.2. The molecule has 0 radical (unpaired) electrons. The molecular weight excluding hydrogens is 371 g/mol. The molecule has 0 unspecified atom stereocenters. The molecule has 1 heterocycles. The summed E-state index contributed by atoms with van der Waals surface area (Å²) in [6.45, 7) is 9.32. The molecule has 0 saturated carbocycles. The summed E-state index contributed by atoms with van der Waals surface area (Å²) < 4.78 is 28.1. The highest BCUT2D eigenvalue weighted by molar-refractivity contribution is 7.82. The lowest BCUT2D eigenvalue weighted by Crippen LogP contribution is -2.27. The van der Waals surface area contributed by atoms with Crippen LogP contribution < -0.4 is 5.32 Å². The van der Waals surface area contributed by atoms with E-state index in [1.54, 1.807) is 40.0 Å². The summed E-state index contributed by atoms with van der Waals surface area (Å²) in [5.41, 5.74) is -0.137. The van der Waals surface area contributed by atoms with Crippen LogP contribution in [0.25, 0.3) is 0 Å². The summed E-state index contributed by atoms with van der Waals surface area (Å²) in [6.07, 6.45) is -0.622. The minimum atomic E-state index is -3.28. The molecule has 0 aliphatic carbocycles. The Morgan fingerprint density at radius 1 is 1.33 bits per heavy atom.